The Morgan fingerprint density at radius 2 is 1.93 bits per heavy atom. The first-order chi connectivity index (χ1) is 13.6. The summed E-state index contributed by atoms with van der Waals surface area (Å²) in [6, 6.07) is 9.83. The van der Waals surface area contributed by atoms with Crippen LogP contribution in [0.25, 0.3) is 10.9 Å². The minimum atomic E-state index is -4.38. The van der Waals surface area contributed by atoms with Crippen molar-refractivity contribution in [2.24, 2.45) is 5.92 Å². The molecule has 2 unspecified atom stereocenters. The number of carbonyl (C=O) groups is 1. The number of nitrogens with one attached hydrogen (secondary N) is 2. The predicted molar refractivity (Wildman–Crippen MR) is 101 cm³/mol. The van der Waals surface area contributed by atoms with E-state index in [1.54, 1.807) is 24.4 Å². The van der Waals surface area contributed by atoms with Crippen molar-refractivity contribution in [2.45, 2.75) is 24.3 Å². The average molecular weight is 427 g/mol. The van der Waals surface area contributed by atoms with Gasteiger partial charge in [0, 0.05) is 23.5 Å². The van der Waals surface area contributed by atoms with Gasteiger partial charge < -0.3 is 15.0 Å². The lowest BCUT2D eigenvalue weighted by Crippen LogP contribution is -2.16. The van der Waals surface area contributed by atoms with Gasteiger partial charge in [0.1, 0.15) is 12.4 Å². The maximum Gasteiger partial charge on any atom is 0.416 e. The molecule has 0 saturated heterocycles. The SMILES string of the molecule is O=C(Nc1c[nH]c2ccc(OCc3ccc(C(F)(F)F)cc3)cc12)C1CC1(F)Cl. The monoisotopic (exact) mass is 426 g/mol. The summed E-state index contributed by atoms with van der Waals surface area (Å²) in [6.45, 7) is 0.0778. The molecule has 2 aromatic carbocycles. The Kier molecular flexibility index (Phi) is 4.69. The van der Waals surface area contributed by atoms with Crippen LogP contribution in [0.3, 0.4) is 0 Å². The Morgan fingerprint density at radius 1 is 1.24 bits per heavy atom. The number of amides is 1. The molecule has 0 radical (unpaired) electrons. The Bertz CT molecular complexity index is 1060. The third kappa shape index (κ3) is 4.17. The molecule has 4 rings (SSSR count). The van der Waals surface area contributed by atoms with E-state index >= 15 is 0 Å². The summed E-state index contributed by atoms with van der Waals surface area (Å²) in [6.07, 6.45) is -2.83. The van der Waals surface area contributed by atoms with Crippen molar-refractivity contribution in [2.75, 3.05) is 5.32 Å². The number of hydrogen-bond donors (Lipinski definition) is 2. The molecule has 4 nitrogen and oxygen atoms in total. The second-order valence-electron chi connectivity index (χ2n) is 6.90. The maximum atomic E-state index is 13.5. The Hall–Kier alpha value is -2.74. The van der Waals surface area contributed by atoms with E-state index < -0.39 is 28.7 Å². The van der Waals surface area contributed by atoms with Gasteiger partial charge in [-0.1, -0.05) is 23.7 Å². The van der Waals surface area contributed by atoms with Crippen molar-refractivity contribution in [1.82, 2.24) is 4.98 Å². The summed E-state index contributed by atoms with van der Waals surface area (Å²) in [5, 5.41) is 1.32. The van der Waals surface area contributed by atoms with Gasteiger partial charge in [-0.05, 0) is 35.9 Å². The van der Waals surface area contributed by atoms with E-state index in [4.69, 9.17) is 16.3 Å². The van der Waals surface area contributed by atoms with Crippen LogP contribution < -0.4 is 10.1 Å². The van der Waals surface area contributed by atoms with Crippen molar-refractivity contribution in [3.05, 3.63) is 59.8 Å². The Balaban J connectivity index is 1.45. The fourth-order valence-corrected chi connectivity index (χ4v) is 3.22. The van der Waals surface area contributed by atoms with E-state index in [0.717, 1.165) is 17.6 Å². The smallest absolute Gasteiger partial charge is 0.416 e. The van der Waals surface area contributed by atoms with Crippen molar-refractivity contribution in [1.29, 1.82) is 0 Å². The van der Waals surface area contributed by atoms with E-state index in [1.807, 2.05) is 0 Å². The molecule has 9 heteroatoms. The standard InChI is InChI=1S/C20H15ClF4N2O2/c21-19(22)8-15(19)18(28)27-17-9-26-16-6-5-13(7-14(16)17)29-10-11-1-3-12(4-2-11)20(23,24)25/h1-7,9,15,26H,8,10H2,(H,27,28). The largest absolute Gasteiger partial charge is 0.489 e. The second kappa shape index (κ2) is 6.95. The highest BCUT2D eigenvalue weighted by molar-refractivity contribution is 6.27. The number of carbonyl (C=O) groups excluding carboxylic acids is 1. The normalized spacial score (nSPS) is 21.2. The molecule has 2 N–H and O–H groups in total. The number of ether oxygens (including phenoxy) is 1. The summed E-state index contributed by atoms with van der Waals surface area (Å²) >= 11 is 5.50. The van der Waals surface area contributed by atoms with E-state index in [2.05, 4.69) is 10.3 Å². The van der Waals surface area contributed by atoms with Gasteiger partial charge in [-0.15, -0.1) is 0 Å². The van der Waals surface area contributed by atoms with Crippen LogP contribution >= 0.6 is 11.6 Å². The summed E-state index contributed by atoms with van der Waals surface area (Å²) in [7, 11) is 0. The minimum Gasteiger partial charge on any atom is -0.489 e. The van der Waals surface area contributed by atoms with Gasteiger partial charge in [0.2, 0.25) is 5.91 Å². The third-order valence-corrected chi connectivity index (χ3v) is 5.16. The number of anilines is 1. The summed E-state index contributed by atoms with van der Waals surface area (Å²) in [4.78, 5) is 15.1. The number of hydrogen-bond acceptors (Lipinski definition) is 2. The molecule has 3 aromatic rings. The summed E-state index contributed by atoms with van der Waals surface area (Å²) in [5.41, 5.74) is 1.05. The maximum absolute atomic E-state index is 13.5. The molecule has 1 fully saturated rings. The molecule has 1 heterocycles. The molecule has 1 saturated carbocycles. The van der Waals surface area contributed by atoms with Crippen LogP contribution in [0.5, 0.6) is 5.75 Å². The van der Waals surface area contributed by atoms with Crippen LogP contribution in [-0.4, -0.2) is 16.0 Å². The van der Waals surface area contributed by atoms with Gasteiger partial charge in [-0.25, -0.2) is 4.39 Å². The fourth-order valence-electron chi connectivity index (χ4n) is 2.97. The van der Waals surface area contributed by atoms with Crippen LogP contribution in [-0.2, 0) is 17.6 Å². The topological polar surface area (TPSA) is 54.1 Å². The van der Waals surface area contributed by atoms with Gasteiger partial charge in [0.15, 0.2) is 5.13 Å². The zero-order chi connectivity index (χ0) is 20.8. The average Bonchev–Trinajstić information content (AvgIpc) is 3.14. The number of aromatic amines is 1. The summed E-state index contributed by atoms with van der Waals surface area (Å²) in [5.74, 6) is -0.913. The van der Waals surface area contributed by atoms with Gasteiger partial charge in [0.05, 0.1) is 17.2 Å². The first-order valence-corrected chi connectivity index (χ1v) is 9.10. The third-order valence-electron chi connectivity index (χ3n) is 4.74. The highest BCUT2D eigenvalue weighted by Crippen LogP contribution is 2.51. The number of rotatable bonds is 5. The molecule has 1 amide bonds. The number of halogens is 5. The number of benzene rings is 2. The molecule has 29 heavy (non-hydrogen) atoms. The predicted octanol–water partition coefficient (Wildman–Crippen LogP) is 5.63. The van der Waals surface area contributed by atoms with Crippen molar-refractivity contribution in [3.63, 3.8) is 0 Å². The molecular weight excluding hydrogens is 412 g/mol. The van der Waals surface area contributed by atoms with E-state index in [0.29, 0.717) is 22.4 Å². The number of H-pyrrole nitrogens is 1. The Labute approximate surface area is 167 Å². The van der Waals surface area contributed by atoms with E-state index in [9.17, 15) is 22.4 Å². The quantitative estimate of drug-likeness (QED) is 0.410. The molecule has 1 aromatic heterocycles. The lowest BCUT2D eigenvalue weighted by atomic mass is 10.1. The van der Waals surface area contributed by atoms with E-state index in [1.165, 1.54) is 12.1 Å². The van der Waals surface area contributed by atoms with Crippen LogP contribution in [0.15, 0.2) is 48.7 Å². The molecule has 1 aliphatic rings. The zero-order valence-corrected chi connectivity index (χ0v) is 15.6. The van der Waals surface area contributed by atoms with Crippen molar-refractivity contribution < 1.29 is 27.1 Å². The van der Waals surface area contributed by atoms with Crippen LogP contribution in [0.4, 0.5) is 23.2 Å². The lowest BCUT2D eigenvalue weighted by molar-refractivity contribution is -0.137. The number of aromatic nitrogens is 1. The molecule has 0 spiro atoms. The molecule has 0 bridgehead atoms. The summed E-state index contributed by atoms with van der Waals surface area (Å²) < 4.78 is 57.0. The van der Waals surface area contributed by atoms with Gasteiger partial charge in [0.25, 0.3) is 0 Å². The molecule has 1 aliphatic carbocycles. The lowest BCUT2D eigenvalue weighted by Gasteiger charge is -2.10. The minimum absolute atomic E-state index is 0.0236. The zero-order valence-electron chi connectivity index (χ0n) is 14.8. The molecule has 0 aliphatic heterocycles. The van der Waals surface area contributed by atoms with Gasteiger partial charge >= 0.3 is 6.18 Å². The van der Waals surface area contributed by atoms with Crippen LogP contribution in [0.2, 0.25) is 0 Å². The van der Waals surface area contributed by atoms with Crippen molar-refractivity contribution >= 4 is 34.1 Å². The van der Waals surface area contributed by atoms with Crippen molar-refractivity contribution in [3.8, 4) is 5.75 Å². The number of fused-ring (bicyclic) bond motifs is 1. The van der Waals surface area contributed by atoms with Crippen LogP contribution in [0, 0.1) is 5.92 Å². The van der Waals surface area contributed by atoms with Gasteiger partial charge in [-0.2, -0.15) is 13.2 Å². The van der Waals surface area contributed by atoms with Gasteiger partial charge in [-0.3, -0.25) is 4.79 Å². The van der Waals surface area contributed by atoms with Crippen LogP contribution in [0.1, 0.15) is 17.5 Å². The highest BCUT2D eigenvalue weighted by Gasteiger charge is 2.58. The second-order valence-corrected chi connectivity index (χ2v) is 7.53. The fraction of sp³-hybridized carbons (Fsp3) is 0.250. The first-order valence-electron chi connectivity index (χ1n) is 8.72. The first kappa shape index (κ1) is 19.6. The molecule has 152 valence electrons. The highest BCUT2D eigenvalue weighted by atomic mass is 35.5. The van der Waals surface area contributed by atoms with E-state index in [-0.39, 0.29) is 13.0 Å². The Morgan fingerprint density at radius 3 is 2.55 bits per heavy atom. The number of alkyl halides is 5. The molecular formula is C20H15ClF4N2O2. The molecule has 2 atom stereocenters.